The highest BCUT2D eigenvalue weighted by molar-refractivity contribution is 7.89. The van der Waals surface area contributed by atoms with Crippen molar-refractivity contribution < 1.29 is 13.2 Å². The van der Waals surface area contributed by atoms with Gasteiger partial charge in [0.25, 0.3) is 5.91 Å². The van der Waals surface area contributed by atoms with Gasteiger partial charge < -0.3 is 5.32 Å². The van der Waals surface area contributed by atoms with Crippen molar-refractivity contribution in [1.29, 1.82) is 0 Å². The maximum Gasteiger partial charge on any atom is 0.251 e. The fourth-order valence-electron chi connectivity index (χ4n) is 2.16. The molecule has 116 valence electrons. The maximum atomic E-state index is 12.2. The molecule has 0 spiro atoms. The van der Waals surface area contributed by atoms with Crippen LogP contribution in [0.1, 0.15) is 34.5 Å². The molecule has 0 aromatic heterocycles. The Balaban J connectivity index is 2.04. The van der Waals surface area contributed by atoms with E-state index >= 15 is 0 Å². The van der Waals surface area contributed by atoms with Gasteiger partial charge in [-0.25, -0.2) is 8.42 Å². The topological polar surface area (TPSA) is 63.2 Å². The monoisotopic (exact) mass is 317 g/mol. The summed E-state index contributed by atoms with van der Waals surface area (Å²) in [6.45, 7) is 1.92. The SMILES string of the molecule is C[C@H](NC(=O)c1ccc(CS(C)(=O)=O)cc1)c1ccccc1. The molecule has 2 aromatic rings. The van der Waals surface area contributed by atoms with Crippen molar-refractivity contribution in [2.45, 2.75) is 18.7 Å². The molecule has 0 bridgehead atoms. The third-order valence-electron chi connectivity index (χ3n) is 3.29. The Hall–Kier alpha value is -2.14. The number of carbonyl (C=O) groups is 1. The molecule has 0 unspecified atom stereocenters. The fourth-order valence-corrected chi connectivity index (χ4v) is 2.96. The summed E-state index contributed by atoms with van der Waals surface area (Å²) in [7, 11) is -3.07. The molecule has 0 aliphatic carbocycles. The molecule has 0 saturated carbocycles. The van der Waals surface area contributed by atoms with Crippen molar-refractivity contribution in [2.24, 2.45) is 0 Å². The summed E-state index contributed by atoms with van der Waals surface area (Å²) < 4.78 is 22.5. The highest BCUT2D eigenvalue weighted by Gasteiger charge is 2.11. The van der Waals surface area contributed by atoms with Gasteiger partial charge in [0, 0.05) is 11.8 Å². The maximum absolute atomic E-state index is 12.2. The second kappa shape index (κ2) is 6.75. The summed E-state index contributed by atoms with van der Waals surface area (Å²) in [5.74, 6) is -0.197. The first-order valence-corrected chi connectivity index (χ1v) is 9.04. The lowest BCUT2D eigenvalue weighted by Gasteiger charge is -2.14. The molecule has 0 heterocycles. The zero-order valence-corrected chi connectivity index (χ0v) is 13.4. The van der Waals surface area contributed by atoms with Crippen molar-refractivity contribution in [3.05, 3.63) is 71.3 Å². The minimum atomic E-state index is -3.07. The molecule has 5 heteroatoms. The predicted octanol–water partition coefficient (Wildman–Crippen LogP) is 2.72. The number of hydrogen-bond donors (Lipinski definition) is 1. The summed E-state index contributed by atoms with van der Waals surface area (Å²) in [5.41, 5.74) is 2.22. The van der Waals surface area contributed by atoms with Crippen LogP contribution in [0.4, 0.5) is 0 Å². The minimum absolute atomic E-state index is 0.0185. The van der Waals surface area contributed by atoms with Crippen LogP contribution in [-0.4, -0.2) is 20.6 Å². The van der Waals surface area contributed by atoms with Gasteiger partial charge in [0.05, 0.1) is 11.8 Å². The minimum Gasteiger partial charge on any atom is -0.346 e. The van der Waals surface area contributed by atoms with Crippen LogP contribution in [0.25, 0.3) is 0 Å². The zero-order valence-electron chi connectivity index (χ0n) is 12.6. The van der Waals surface area contributed by atoms with Crippen molar-refractivity contribution >= 4 is 15.7 Å². The Morgan fingerprint density at radius 3 is 2.18 bits per heavy atom. The molecule has 0 radical (unpaired) electrons. The van der Waals surface area contributed by atoms with Crippen LogP contribution in [0.15, 0.2) is 54.6 Å². The molecule has 0 aliphatic heterocycles. The van der Waals surface area contributed by atoms with Gasteiger partial charge in [-0.1, -0.05) is 42.5 Å². The Bertz CT molecular complexity index is 737. The number of hydrogen-bond acceptors (Lipinski definition) is 3. The van der Waals surface area contributed by atoms with E-state index in [9.17, 15) is 13.2 Å². The third-order valence-corrected chi connectivity index (χ3v) is 4.15. The summed E-state index contributed by atoms with van der Waals surface area (Å²) in [4.78, 5) is 12.2. The van der Waals surface area contributed by atoms with Crippen molar-refractivity contribution in [1.82, 2.24) is 5.32 Å². The van der Waals surface area contributed by atoms with Crippen LogP contribution in [-0.2, 0) is 15.6 Å². The molecule has 0 fully saturated rings. The molecular weight excluding hydrogens is 298 g/mol. The van der Waals surface area contributed by atoms with Crippen LogP contribution in [0.2, 0.25) is 0 Å². The van der Waals surface area contributed by atoms with Crippen LogP contribution in [0.3, 0.4) is 0 Å². The van der Waals surface area contributed by atoms with Gasteiger partial charge >= 0.3 is 0 Å². The van der Waals surface area contributed by atoms with Crippen LogP contribution in [0, 0.1) is 0 Å². The first-order valence-electron chi connectivity index (χ1n) is 6.97. The van der Waals surface area contributed by atoms with Crippen molar-refractivity contribution in [3.8, 4) is 0 Å². The first kappa shape index (κ1) is 16.2. The van der Waals surface area contributed by atoms with Gasteiger partial charge in [-0.15, -0.1) is 0 Å². The van der Waals surface area contributed by atoms with E-state index in [1.165, 1.54) is 6.26 Å². The van der Waals surface area contributed by atoms with Gasteiger partial charge in [-0.2, -0.15) is 0 Å². The zero-order chi connectivity index (χ0) is 16.2. The highest BCUT2D eigenvalue weighted by Crippen LogP contribution is 2.13. The van der Waals surface area contributed by atoms with E-state index in [-0.39, 0.29) is 17.7 Å². The smallest absolute Gasteiger partial charge is 0.251 e. The Morgan fingerprint density at radius 1 is 1.05 bits per heavy atom. The van der Waals surface area contributed by atoms with Crippen molar-refractivity contribution in [2.75, 3.05) is 6.26 Å². The third kappa shape index (κ3) is 4.70. The molecule has 1 amide bonds. The molecule has 1 N–H and O–H groups in total. The van der Waals surface area contributed by atoms with E-state index in [4.69, 9.17) is 0 Å². The molecule has 2 rings (SSSR count). The molecule has 0 aliphatic rings. The van der Waals surface area contributed by atoms with E-state index in [0.717, 1.165) is 5.56 Å². The second-order valence-electron chi connectivity index (χ2n) is 5.37. The van der Waals surface area contributed by atoms with E-state index in [2.05, 4.69) is 5.32 Å². The number of nitrogens with one attached hydrogen (secondary N) is 1. The Kier molecular flexibility index (Phi) is 4.98. The standard InChI is InChI=1S/C17H19NO3S/c1-13(15-6-4-3-5-7-15)18-17(19)16-10-8-14(9-11-16)12-22(2,20)21/h3-11,13H,12H2,1-2H3,(H,18,19)/t13-/m0/s1. The van der Waals surface area contributed by atoms with E-state index < -0.39 is 9.84 Å². The number of sulfone groups is 1. The summed E-state index contributed by atoms with van der Waals surface area (Å²) in [6.07, 6.45) is 1.19. The van der Waals surface area contributed by atoms with Crippen LogP contribution < -0.4 is 5.32 Å². The summed E-state index contributed by atoms with van der Waals surface area (Å²) >= 11 is 0. The normalized spacial score (nSPS) is 12.6. The number of amides is 1. The number of benzene rings is 2. The van der Waals surface area contributed by atoms with Crippen LogP contribution in [0.5, 0.6) is 0 Å². The lowest BCUT2D eigenvalue weighted by atomic mass is 10.1. The Morgan fingerprint density at radius 2 is 1.64 bits per heavy atom. The van der Waals surface area contributed by atoms with Gasteiger partial charge in [0.15, 0.2) is 9.84 Å². The van der Waals surface area contributed by atoms with E-state index in [1.807, 2.05) is 37.3 Å². The first-order chi connectivity index (χ1) is 10.3. The number of rotatable bonds is 5. The van der Waals surface area contributed by atoms with Gasteiger partial charge in [0.1, 0.15) is 0 Å². The van der Waals surface area contributed by atoms with Gasteiger partial charge in [0.2, 0.25) is 0 Å². The summed E-state index contributed by atoms with van der Waals surface area (Å²) in [5, 5.41) is 2.92. The molecule has 2 aromatic carbocycles. The highest BCUT2D eigenvalue weighted by atomic mass is 32.2. The average Bonchev–Trinajstić information content (AvgIpc) is 2.47. The van der Waals surface area contributed by atoms with Gasteiger partial charge in [-0.05, 0) is 30.2 Å². The number of carbonyl (C=O) groups excluding carboxylic acids is 1. The molecule has 4 nitrogen and oxygen atoms in total. The lowest BCUT2D eigenvalue weighted by molar-refractivity contribution is 0.0940. The molecule has 1 atom stereocenters. The van der Waals surface area contributed by atoms with Crippen molar-refractivity contribution in [3.63, 3.8) is 0 Å². The fraction of sp³-hybridized carbons (Fsp3) is 0.235. The molecule has 22 heavy (non-hydrogen) atoms. The Labute approximate surface area is 131 Å². The lowest BCUT2D eigenvalue weighted by Crippen LogP contribution is -2.26. The van der Waals surface area contributed by atoms with E-state index in [1.54, 1.807) is 24.3 Å². The quantitative estimate of drug-likeness (QED) is 0.922. The molecule has 0 saturated heterocycles. The largest absolute Gasteiger partial charge is 0.346 e. The summed E-state index contributed by atoms with van der Waals surface area (Å²) in [6, 6.07) is 16.2. The molecular formula is C17H19NO3S. The van der Waals surface area contributed by atoms with Gasteiger partial charge in [-0.3, -0.25) is 4.79 Å². The average molecular weight is 317 g/mol. The second-order valence-corrected chi connectivity index (χ2v) is 7.51. The predicted molar refractivity (Wildman–Crippen MR) is 87.3 cm³/mol. The van der Waals surface area contributed by atoms with E-state index in [0.29, 0.717) is 11.1 Å². The van der Waals surface area contributed by atoms with Crippen LogP contribution >= 0.6 is 0 Å².